The SMILES string of the molecule is COC(=O)c1cccc(N(CCC(=O)N2CCc3ccccc3C2)C(C)=O)c1. The number of fused-ring (bicyclic) bond motifs is 1. The fourth-order valence-corrected chi connectivity index (χ4v) is 3.46. The lowest BCUT2D eigenvalue weighted by molar-refractivity contribution is -0.131. The molecule has 2 aromatic rings. The van der Waals surface area contributed by atoms with Gasteiger partial charge in [-0.25, -0.2) is 4.79 Å². The molecule has 1 aliphatic heterocycles. The van der Waals surface area contributed by atoms with Gasteiger partial charge in [-0.15, -0.1) is 0 Å². The number of hydrogen-bond donors (Lipinski definition) is 0. The van der Waals surface area contributed by atoms with Gasteiger partial charge in [0, 0.05) is 38.7 Å². The van der Waals surface area contributed by atoms with E-state index in [2.05, 4.69) is 12.1 Å². The predicted octanol–water partition coefficient (Wildman–Crippen LogP) is 2.80. The largest absolute Gasteiger partial charge is 0.465 e. The zero-order chi connectivity index (χ0) is 20.1. The maximum Gasteiger partial charge on any atom is 0.337 e. The summed E-state index contributed by atoms with van der Waals surface area (Å²) in [5.41, 5.74) is 3.41. The molecule has 0 fully saturated rings. The second-order valence-electron chi connectivity index (χ2n) is 6.80. The highest BCUT2D eigenvalue weighted by atomic mass is 16.5. The highest BCUT2D eigenvalue weighted by Gasteiger charge is 2.22. The van der Waals surface area contributed by atoms with Crippen LogP contribution < -0.4 is 4.90 Å². The Morgan fingerprint density at radius 3 is 2.54 bits per heavy atom. The van der Waals surface area contributed by atoms with Crippen LogP contribution in [0.2, 0.25) is 0 Å². The van der Waals surface area contributed by atoms with E-state index >= 15 is 0 Å². The van der Waals surface area contributed by atoms with E-state index < -0.39 is 5.97 Å². The third-order valence-electron chi connectivity index (χ3n) is 4.99. The molecular weight excluding hydrogens is 356 g/mol. The van der Waals surface area contributed by atoms with Crippen LogP contribution in [0, 0.1) is 0 Å². The van der Waals surface area contributed by atoms with Gasteiger partial charge in [-0.2, -0.15) is 0 Å². The Bertz CT molecular complexity index is 894. The first-order valence-corrected chi connectivity index (χ1v) is 9.30. The number of rotatable bonds is 5. The zero-order valence-corrected chi connectivity index (χ0v) is 16.2. The van der Waals surface area contributed by atoms with Gasteiger partial charge in [-0.05, 0) is 35.7 Å². The number of nitrogens with zero attached hydrogens (tertiary/aromatic N) is 2. The van der Waals surface area contributed by atoms with E-state index in [0.29, 0.717) is 24.3 Å². The number of carbonyl (C=O) groups is 3. The van der Waals surface area contributed by atoms with Crippen molar-refractivity contribution in [3.8, 4) is 0 Å². The lowest BCUT2D eigenvalue weighted by Crippen LogP contribution is -2.39. The summed E-state index contributed by atoms with van der Waals surface area (Å²) in [4.78, 5) is 39.9. The molecule has 0 spiro atoms. The number of amides is 2. The van der Waals surface area contributed by atoms with Gasteiger partial charge in [-0.1, -0.05) is 30.3 Å². The summed E-state index contributed by atoms with van der Waals surface area (Å²) in [5.74, 6) is -0.628. The van der Waals surface area contributed by atoms with Crippen LogP contribution in [0.1, 0.15) is 34.8 Å². The van der Waals surface area contributed by atoms with Crippen LogP contribution in [0.15, 0.2) is 48.5 Å². The van der Waals surface area contributed by atoms with Gasteiger partial charge in [-0.3, -0.25) is 9.59 Å². The third kappa shape index (κ3) is 4.39. The van der Waals surface area contributed by atoms with E-state index in [0.717, 1.165) is 6.42 Å². The van der Waals surface area contributed by atoms with E-state index in [1.54, 1.807) is 24.3 Å². The normalized spacial score (nSPS) is 12.9. The summed E-state index contributed by atoms with van der Waals surface area (Å²) < 4.78 is 4.73. The number of ether oxygens (including phenoxy) is 1. The molecule has 0 aliphatic carbocycles. The van der Waals surface area contributed by atoms with Crippen molar-refractivity contribution < 1.29 is 19.1 Å². The van der Waals surface area contributed by atoms with Gasteiger partial charge in [0.15, 0.2) is 0 Å². The number of benzene rings is 2. The topological polar surface area (TPSA) is 66.9 Å². The Morgan fingerprint density at radius 2 is 1.82 bits per heavy atom. The van der Waals surface area contributed by atoms with Gasteiger partial charge in [0.25, 0.3) is 0 Å². The van der Waals surface area contributed by atoms with Crippen molar-refractivity contribution in [3.05, 3.63) is 65.2 Å². The molecule has 3 rings (SSSR count). The molecule has 0 radical (unpaired) electrons. The number of hydrogen-bond acceptors (Lipinski definition) is 4. The van der Waals surface area contributed by atoms with Crippen molar-refractivity contribution >= 4 is 23.5 Å². The number of esters is 1. The Balaban J connectivity index is 1.67. The molecule has 6 nitrogen and oxygen atoms in total. The second kappa shape index (κ2) is 8.69. The summed E-state index contributed by atoms with van der Waals surface area (Å²) in [7, 11) is 1.31. The van der Waals surface area contributed by atoms with Crippen molar-refractivity contribution in [1.82, 2.24) is 4.90 Å². The Labute approximate surface area is 164 Å². The molecule has 0 saturated carbocycles. The maximum atomic E-state index is 12.7. The highest BCUT2D eigenvalue weighted by molar-refractivity contribution is 5.95. The van der Waals surface area contributed by atoms with E-state index in [4.69, 9.17) is 4.74 Å². The molecular formula is C22H24N2O4. The van der Waals surface area contributed by atoms with E-state index in [1.807, 2.05) is 17.0 Å². The molecule has 2 aromatic carbocycles. The Kier molecular flexibility index (Phi) is 6.09. The quantitative estimate of drug-likeness (QED) is 0.748. The molecule has 146 valence electrons. The molecule has 0 unspecified atom stereocenters. The van der Waals surface area contributed by atoms with Gasteiger partial charge >= 0.3 is 5.97 Å². The predicted molar refractivity (Wildman–Crippen MR) is 106 cm³/mol. The van der Waals surface area contributed by atoms with Crippen LogP contribution in [0.25, 0.3) is 0 Å². The van der Waals surface area contributed by atoms with Crippen LogP contribution in [0.3, 0.4) is 0 Å². The zero-order valence-electron chi connectivity index (χ0n) is 16.2. The minimum absolute atomic E-state index is 0.0184. The van der Waals surface area contributed by atoms with Crippen LogP contribution in [0.4, 0.5) is 5.69 Å². The van der Waals surface area contributed by atoms with Crippen molar-refractivity contribution in [2.45, 2.75) is 26.3 Å². The monoisotopic (exact) mass is 380 g/mol. The van der Waals surface area contributed by atoms with E-state index in [1.165, 1.54) is 30.1 Å². The molecule has 1 aliphatic rings. The lowest BCUT2D eigenvalue weighted by Gasteiger charge is -2.30. The van der Waals surface area contributed by atoms with Crippen LogP contribution in [-0.2, 0) is 27.3 Å². The number of carbonyl (C=O) groups excluding carboxylic acids is 3. The summed E-state index contributed by atoms with van der Waals surface area (Å²) >= 11 is 0. The first-order chi connectivity index (χ1) is 13.5. The van der Waals surface area contributed by atoms with Crippen LogP contribution >= 0.6 is 0 Å². The van der Waals surface area contributed by atoms with Gasteiger partial charge in [0.05, 0.1) is 12.7 Å². The number of anilines is 1. The average molecular weight is 380 g/mol. The smallest absolute Gasteiger partial charge is 0.337 e. The van der Waals surface area contributed by atoms with Gasteiger partial charge < -0.3 is 14.5 Å². The standard InChI is InChI=1S/C22H24N2O4/c1-16(25)24(20-9-5-8-18(14-20)22(27)28-2)13-11-21(26)23-12-10-17-6-3-4-7-19(17)15-23/h3-9,14H,10-13,15H2,1-2H3. The first-order valence-electron chi connectivity index (χ1n) is 9.30. The summed E-state index contributed by atoms with van der Waals surface area (Å²) in [5, 5.41) is 0. The molecule has 0 saturated heterocycles. The Hall–Kier alpha value is -3.15. The van der Waals surface area contributed by atoms with Crippen molar-refractivity contribution in [1.29, 1.82) is 0 Å². The van der Waals surface area contributed by atoms with E-state index in [9.17, 15) is 14.4 Å². The summed E-state index contributed by atoms with van der Waals surface area (Å²) in [6.45, 7) is 3.00. The van der Waals surface area contributed by atoms with Crippen molar-refractivity contribution in [3.63, 3.8) is 0 Å². The minimum Gasteiger partial charge on any atom is -0.465 e. The summed E-state index contributed by atoms with van der Waals surface area (Å²) in [6, 6.07) is 14.8. The van der Waals surface area contributed by atoms with Gasteiger partial charge in [0.1, 0.15) is 0 Å². The van der Waals surface area contributed by atoms with Gasteiger partial charge in [0.2, 0.25) is 11.8 Å². The fourth-order valence-electron chi connectivity index (χ4n) is 3.46. The molecule has 0 N–H and O–H groups in total. The third-order valence-corrected chi connectivity index (χ3v) is 4.99. The molecule has 6 heteroatoms. The van der Waals surface area contributed by atoms with E-state index in [-0.39, 0.29) is 24.8 Å². The molecule has 0 atom stereocenters. The Morgan fingerprint density at radius 1 is 1.07 bits per heavy atom. The molecule has 0 aromatic heterocycles. The summed E-state index contributed by atoms with van der Waals surface area (Å²) in [6.07, 6.45) is 1.07. The highest BCUT2D eigenvalue weighted by Crippen LogP contribution is 2.21. The van der Waals surface area contributed by atoms with Crippen LogP contribution in [-0.4, -0.2) is 42.9 Å². The number of methoxy groups -OCH3 is 1. The minimum atomic E-state index is -0.464. The average Bonchev–Trinajstić information content (AvgIpc) is 2.72. The second-order valence-corrected chi connectivity index (χ2v) is 6.80. The van der Waals surface area contributed by atoms with Crippen molar-refractivity contribution in [2.24, 2.45) is 0 Å². The molecule has 1 heterocycles. The molecule has 28 heavy (non-hydrogen) atoms. The maximum absolute atomic E-state index is 12.7. The lowest BCUT2D eigenvalue weighted by atomic mass is 10.00. The fraction of sp³-hybridized carbons (Fsp3) is 0.318. The van der Waals surface area contributed by atoms with Crippen molar-refractivity contribution in [2.75, 3.05) is 25.1 Å². The molecule has 0 bridgehead atoms. The first kappa shape index (κ1) is 19.6. The van der Waals surface area contributed by atoms with Crippen LogP contribution in [0.5, 0.6) is 0 Å². The molecule has 2 amide bonds.